The van der Waals surface area contributed by atoms with Gasteiger partial charge >= 0.3 is 0 Å². The lowest BCUT2D eigenvalue weighted by molar-refractivity contribution is -0.127. The van der Waals surface area contributed by atoms with Crippen LogP contribution in [0.25, 0.3) is 0 Å². The molecule has 1 heterocycles. The Hall–Kier alpha value is -2.21. The van der Waals surface area contributed by atoms with Crippen LogP contribution in [0.5, 0.6) is 5.75 Å². The van der Waals surface area contributed by atoms with Gasteiger partial charge in [0, 0.05) is 4.88 Å². The van der Waals surface area contributed by atoms with Crippen molar-refractivity contribution < 1.29 is 13.9 Å². The van der Waals surface area contributed by atoms with Crippen LogP contribution in [0.3, 0.4) is 0 Å². The fraction of sp³-hybridized carbons (Fsp3) is 0.250. The number of thiophene rings is 1. The summed E-state index contributed by atoms with van der Waals surface area (Å²) in [5.41, 5.74) is 3.21. The molecule has 0 spiro atoms. The molecule has 22 heavy (non-hydrogen) atoms. The number of nitrogens with one attached hydrogen (secondary N) is 1. The van der Waals surface area contributed by atoms with Crippen LogP contribution in [0.1, 0.15) is 23.6 Å². The third-order valence-electron chi connectivity index (χ3n) is 2.93. The average Bonchev–Trinajstić information content (AvgIpc) is 2.93. The van der Waals surface area contributed by atoms with Crippen LogP contribution in [0.2, 0.25) is 0 Å². The molecule has 0 radical (unpaired) electrons. The van der Waals surface area contributed by atoms with Gasteiger partial charge in [-0.15, -0.1) is 11.3 Å². The molecule has 1 N–H and O–H groups in total. The van der Waals surface area contributed by atoms with E-state index in [2.05, 4.69) is 10.5 Å². The third kappa shape index (κ3) is 4.39. The summed E-state index contributed by atoms with van der Waals surface area (Å²) in [5.74, 6) is -0.286. The van der Waals surface area contributed by atoms with Crippen molar-refractivity contribution in [2.75, 3.05) is 0 Å². The van der Waals surface area contributed by atoms with Crippen LogP contribution < -0.4 is 10.2 Å². The highest BCUT2D eigenvalue weighted by Gasteiger charge is 2.14. The van der Waals surface area contributed by atoms with Crippen LogP contribution in [-0.2, 0) is 4.79 Å². The molecular weight excluding hydrogens is 303 g/mol. The molecule has 0 aliphatic carbocycles. The fourth-order valence-electron chi connectivity index (χ4n) is 1.68. The van der Waals surface area contributed by atoms with Crippen molar-refractivity contribution in [2.24, 2.45) is 5.10 Å². The molecule has 2 aromatic rings. The first-order valence-electron chi connectivity index (χ1n) is 6.79. The Bertz CT molecular complexity index is 680. The number of nitrogens with zero attached hydrogens (tertiary/aromatic N) is 1. The quantitative estimate of drug-likeness (QED) is 0.677. The minimum Gasteiger partial charge on any atom is -0.481 e. The van der Waals surface area contributed by atoms with E-state index in [0.717, 1.165) is 10.6 Å². The van der Waals surface area contributed by atoms with E-state index in [1.807, 2.05) is 26.0 Å². The maximum atomic E-state index is 12.8. The van der Waals surface area contributed by atoms with E-state index in [1.54, 1.807) is 18.3 Å². The van der Waals surface area contributed by atoms with Crippen molar-refractivity contribution in [3.8, 4) is 5.75 Å². The highest BCUT2D eigenvalue weighted by atomic mass is 32.1. The molecule has 1 atom stereocenters. The maximum Gasteiger partial charge on any atom is 0.280 e. The topological polar surface area (TPSA) is 50.7 Å². The number of rotatable bonds is 5. The highest BCUT2D eigenvalue weighted by molar-refractivity contribution is 7.14. The molecular formula is C16H17FN2O2S. The van der Waals surface area contributed by atoms with Crippen molar-refractivity contribution in [3.05, 3.63) is 52.0 Å². The molecule has 0 saturated heterocycles. The van der Waals surface area contributed by atoms with Crippen LogP contribution in [0, 0.1) is 12.7 Å². The number of carbonyl (C=O) groups is 1. The lowest BCUT2D eigenvalue weighted by atomic mass is 10.3. The minimum absolute atomic E-state index is 0.351. The van der Waals surface area contributed by atoms with E-state index in [9.17, 15) is 9.18 Å². The molecule has 6 heteroatoms. The van der Waals surface area contributed by atoms with Crippen LogP contribution in [0.15, 0.2) is 41.5 Å². The Labute approximate surface area is 132 Å². The Morgan fingerprint density at radius 1 is 1.27 bits per heavy atom. The van der Waals surface area contributed by atoms with Crippen molar-refractivity contribution in [1.29, 1.82) is 0 Å². The summed E-state index contributed by atoms with van der Waals surface area (Å²) in [4.78, 5) is 14.1. The number of benzene rings is 1. The molecule has 0 fully saturated rings. The van der Waals surface area contributed by atoms with Gasteiger partial charge in [0.15, 0.2) is 6.10 Å². The maximum absolute atomic E-state index is 12.8. The second-order valence-electron chi connectivity index (χ2n) is 4.80. The first-order valence-corrected chi connectivity index (χ1v) is 7.60. The molecule has 1 aromatic heterocycles. The van der Waals surface area contributed by atoms with E-state index in [-0.39, 0.29) is 11.7 Å². The van der Waals surface area contributed by atoms with Gasteiger partial charge in [0.05, 0.1) is 10.6 Å². The molecule has 2 rings (SSSR count). The van der Waals surface area contributed by atoms with Crippen molar-refractivity contribution in [3.63, 3.8) is 0 Å². The molecule has 0 aliphatic heterocycles. The normalized spacial score (nSPS) is 12.8. The molecule has 0 saturated carbocycles. The molecule has 1 amide bonds. The summed E-state index contributed by atoms with van der Waals surface area (Å²) in [5, 5.41) is 4.07. The van der Waals surface area contributed by atoms with Gasteiger partial charge in [0.25, 0.3) is 5.91 Å². The highest BCUT2D eigenvalue weighted by Crippen LogP contribution is 2.16. The van der Waals surface area contributed by atoms with E-state index < -0.39 is 6.10 Å². The molecule has 0 bridgehead atoms. The lowest BCUT2D eigenvalue weighted by Crippen LogP contribution is -2.33. The number of hydrogen-bond donors (Lipinski definition) is 1. The van der Waals surface area contributed by atoms with E-state index >= 15 is 0 Å². The Kier molecular flexibility index (Phi) is 5.27. The number of halogens is 1. The summed E-state index contributed by atoms with van der Waals surface area (Å²) in [6.07, 6.45) is -0.730. The Morgan fingerprint density at radius 2 is 1.95 bits per heavy atom. The van der Waals surface area contributed by atoms with Crippen LogP contribution >= 0.6 is 11.3 Å². The smallest absolute Gasteiger partial charge is 0.280 e. The summed E-state index contributed by atoms with van der Waals surface area (Å²) in [7, 11) is 0. The largest absolute Gasteiger partial charge is 0.481 e. The number of carbonyl (C=O) groups excluding carboxylic acids is 1. The van der Waals surface area contributed by atoms with Gasteiger partial charge in [-0.1, -0.05) is 0 Å². The molecule has 0 unspecified atom stereocenters. The van der Waals surface area contributed by atoms with E-state index in [1.165, 1.54) is 29.1 Å². The lowest BCUT2D eigenvalue weighted by Gasteiger charge is -2.13. The van der Waals surface area contributed by atoms with Gasteiger partial charge in [-0.05, 0) is 57.2 Å². The van der Waals surface area contributed by atoms with Crippen LogP contribution in [-0.4, -0.2) is 17.7 Å². The number of hydrazone groups is 1. The monoisotopic (exact) mass is 320 g/mol. The van der Waals surface area contributed by atoms with Crippen molar-refractivity contribution >= 4 is 23.0 Å². The van der Waals surface area contributed by atoms with Gasteiger partial charge in [0.2, 0.25) is 0 Å². The Balaban J connectivity index is 1.92. The zero-order valence-corrected chi connectivity index (χ0v) is 13.4. The SMILES string of the molecule is C/C(=N/NC(=O)[C@@H](C)Oc1ccc(F)cc1)c1ccc(C)s1. The summed E-state index contributed by atoms with van der Waals surface area (Å²) in [6, 6.07) is 9.47. The first-order chi connectivity index (χ1) is 10.5. The molecule has 1 aromatic carbocycles. The molecule has 4 nitrogen and oxygen atoms in total. The number of ether oxygens (including phenoxy) is 1. The van der Waals surface area contributed by atoms with Gasteiger partial charge in [-0.25, -0.2) is 9.82 Å². The molecule has 116 valence electrons. The predicted molar refractivity (Wildman–Crippen MR) is 85.9 cm³/mol. The predicted octanol–water partition coefficient (Wildman–Crippen LogP) is 3.50. The van der Waals surface area contributed by atoms with Gasteiger partial charge in [-0.3, -0.25) is 4.79 Å². The van der Waals surface area contributed by atoms with Gasteiger partial charge in [-0.2, -0.15) is 5.10 Å². The van der Waals surface area contributed by atoms with Crippen molar-refractivity contribution in [1.82, 2.24) is 5.43 Å². The van der Waals surface area contributed by atoms with Crippen molar-refractivity contribution in [2.45, 2.75) is 26.9 Å². The Morgan fingerprint density at radius 3 is 2.55 bits per heavy atom. The molecule has 0 aliphatic rings. The first kappa shape index (κ1) is 16.2. The third-order valence-corrected chi connectivity index (χ3v) is 4.04. The zero-order chi connectivity index (χ0) is 16.1. The summed E-state index contributed by atoms with van der Waals surface area (Å²) >= 11 is 1.61. The standard InChI is InChI=1S/C16H17FN2O2S/c1-10-4-9-15(22-10)11(2)18-19-16(20)12(3)21-14-7-5-13(17)6-8-14/h4-9,12H,1-3H3,(H,19,20)/b18-11-/t12-/m1/s1. The summed E-state index contributed by atoms with van der Waals surface area (Å²) in [6.45, 7) is 5.45. The fourth-order valence-corrected chi connectivity index (χ4v) is 2.50. The van der Waals surface area contributed by atoms with E-state index in [4.69, 9.17) is 4.74 Å². The summed E-state index contributed by atoms with van der Waals surface area (Å²) < 4.78 is 18.2. The van der Waals surface area contributed by atoms with Gasteiger partial charge < -0.3 is 4.74 Å². The van der Waals surface area contributed by atoms with E-state index in [0.29, 0.717) is 5.75 Å². The second-order valence-corrected chi connectivity index (χ2v) is 6.09. The van der Waals surface area contributed by atoms with Gasteiger partial charge in [0.1, 0.15) is 11.6 Å². The average molecular weight is 320 g/mol. The number of aryl methyl sites for hydroxylation is 1. The van der Waals surface area contributed by atoms with Crippen LogP contribution in [0.4, 0.5) is 4.39 Å². The second kappa shape index (κ2) is 7.17. The minimum atomic E-state index is -0.730. The zero-order valence-electron chi connectivity index (χ0n) is 12.6. The number of amides is 1. The number of hydrogen-bond acceptors (Lipinski definition) is 4.